The van der Waals surface area contributed by atoms with Crippen LogP contribution in [0.25, 0.3) is 0 Å². The van der Waals surface area contributed by atoms with Crippen LogP contribution in [-0.2, 0) is 0 Å². The molecule has 56 valence electrons. The standard InChI is InChI=1S/C9H14O/c1-3-9(2,10)8-6-4-5-7-8/h1,8,10H,4-7H2,2H3/t9-/m1/s1. The van der Waals surface area contributed by atoms with Gasteiger partial charge in [0.1, 0.15) is 5.60 Å². The SMILES string of the molecule is C#C[C@@](C)(O)C1CCCC1. The second kappa shape index (κ2) is 2.64. The Balaban J connectivity index is 2.56. The van der Waals surface area contributed by atoms with E-state index >= 15 is 0 Å². The number of rotatable bonds is 1. The highest BCUT2D eigenvalue weighted by Gasteiger charge is 2.31. The van der Waals surface area contributed by atoms with Gasteiger partial charge in [0.2, 0.25) is 0 Å². The Morgan fingerprint density at radius 1 is 1.50 bits per heavy atom. The molecule has 0 unspecified atom stereocenters. The highest BCUT2D eigenvalue weighted by Crippen LogP contribution is 2.33. The van der Waals surface area contributed by atoms with Gasteiger partial charge < -0.3 is 5.11 Å². The lowest BCUT2D eigenvalue weighted by Crippen LogP contribution is -2.30. The molecular weight excluding hydrogens is 124 g/mol. The van der Waals surface area contributed by atoms with Gasteiger partial charge in [0.25, 0.3) is 0 Å². The molecular formula is C9H14O. The summed E-state index contributed by atoms with van der Waals surface area (Å²) in [6.07, 6.45) is 9.82. The second-order valence-electron chi connectivity index (χ2n) is 3.27. The molecule has 0 aromatic carbocycles. The molecule has 0 aliphatic heterocycles. The third-order valence-electron chi connectivity index (χ3n) is 2.44. The van der Waals surface area contributed by atoms with Gasteiger partial charge in [0.15, 0.2) is 0 Å². The lowest BCUT2D eigenvalue weighted by atomic mass is 9.89. The van der Waals surface area contributed by atoms with Crippen LogP contribution < -0.4 is 0 Å². The fraction of sp³-hybridized carbons (Fsp3) is 0.778. The average molecular weight is 138 g/mol. The minimum atomic E-state index is -0.851. The van der Waals surface area contributed by atoms with E-state index in [9.17, 15) is 5.11 Å². The first kappa shape index (κ1) is 7.63. The maximum atomic E-state index is 9.59. The van der Waals surface area contributed by atoms with Crippen molar-refractivity contribution in [3.63, 3.8) is 0 Å². The molecule has 0 aromatic rings. The molecule has 0 heterocycles. The summed E-state index contributed by atoms with van der Waals surface area (Å²) in [5.74, 6) is 2.78. The summed E-state index contributed by atoms with van der Waals surface area (Å²) in [6.45, 7) is 1.74. The van der Waals surface area contributed by atoms with Crippen LogP contribution in [0.5, 0.6) is 0 Å². The second-order valence-corrected chi connectivity index (χ2v) is 3.27. The molecule has 1 fully saturated rings. The Morgan fingerprint density at radius 3 is 2.40 bits per heavy atom. The maximum absolute atomic E-state index is 9.59. The van der Waals surface area contributed by atoms with Crippen LogP contribution in [-0.4, -0.2) is 10.7 Å². The van der Waals surface area contributed by atoms with E-state index in [1.807, 2.05) is 0 Å². The monoisotopic (exact) mass is 138 g/mol. The predicted molar refractivity (Wildman–Crippen MR) is 41.4 cm³/mol. The molecule has 1 atom stereocenters. The largest absolute Gasteiger partial charge is 0.378 e. The fourth-order valence-electron chi connectivity index (χ4n) is 1.61. The molecule has 0 radical (unpaired) electrons. The van der Waals surface area contributed by atoms with Gasteiger partial charge in [-0.05, 0) is 25.7 Å². The molecule has 1 aliphatic rings. The molecule has 0 amide bonds. The Bertz CT molecular complexity index is 147. The quantitative estimate of drug-likeness (QED) is 0.545. The number of aliphatic hydroxyl groups is 1. The van der Waals surface area contributed by atoms with Gasteiger partial charge in [-0.2, -0.15) is 0 Å². The topological polar surface area (TPSA) is 20.2 Å². The molecule has 1 saturated carbocycles. The van der Waals surface area contributed by atoms with Gasteiger partial charge in [0.05, 0.1) is 0 Å². The normalized spacial score (nSPS) is 25.7. The summed E-state index contributed by atoms with van der Waals surface area (Å²) in [4.78, 5) is 0. The zero-order chi connectivity index (χ0) is 7.61. The molecule has 1 aliphatic carbocycles. The van der Waals surface area contributed by atoms with Crippen molar-refractivity contribution in [3.05, 3.63) is 0 Å². The van der Waals surface area contributed by atoms with E-state index in [4.69, 9.17) is 6.42 Å². The van der Waals surface area contributed by atoms with Gasteiger partial charge in [-0.15, -0.1) is 6.42 Å². The van der Waals surface area contributed by atoms with Crippen molar-refractivity contribution in [3.8, 4) is 12.3 Å². The summed E-state index contributed by atoms with van der Waals surface area (Å²) in [5.41, 5.74) is -0.851. The van der Waals surface area contributed by atoms with E-state index in [0.29, 0.717) is 5.92 Å². The van der Waals surface area contributed by atoms with Gasteiger partial charge in [-0.1, -0.05) is 18.8 Å². The first-order valence-corrected chi connectivity index (χ1v) is 3.87. The molecule has 0 spiro atoms. The Labute approximate surface area is 62.4 Å². The number of terminal acetylenes is 1. The van der Waals surface area contributed by atoms with Crippen LogP contribution >= 0.6 is 0 Å². The minimum absolute atomic E-state index is 0.345. The van der Waals surface area contributed by atoms with Crippen LogP contribution in [0.1, 0.15) is 32.6 Å². The predicted octanol–water partition coefficient (Wildman–Crippen LogP) is 1.56. The van der Waals surface area contributed by atoms with E-state index in [1.165, 1.54) is 12.8 Å². The number of hydrogen-bond acceptors (Lipinski definition) is 1. The molecule has 1 heteroatoms. The average Bonchev–Trinajstić information content (AvgIpc) is 2.38. The van der Waals surface area contributed by atoms with E-state index in [0.717, 1.165) is 12.8 Å². The summed E-state index contributed by atoms with van der Waals surface area (Å²) >= 11 is 0. The summed E-state index contributed by atoms with van der Waals surface area (Å²) < 4.78 is 0. The van der Waals surface area contributed by atoms with Crippen molar-refractivity contribution in [2.24, 2.45) is 5.92 Å². The van der Waals surface area contributed by atoms with Gasteiger partial charge in [0, 0.05) is 0 Å². The molecule has 1 nitrogen and oxygen atoms in total. The van der Waals surface area contributed by atoms with Crippen LogP contribution in [0.4, 0.5) is 0 Å². The third-order valence-corrected chi connectivity index (χ3v) is 2.44. The van der Waals surface area contributed by atoms with E-state index < -0.39 is 5.60 Å². The van der Waals surface area contributed by atoms with Crippen molar-refractivity contribution in [2.75, 3.05) is 0 Å². The number of hydrogen-bond donors (Lipinski definition) is 1. The lowest BCUT2D eigenvalue weighted by molar-refractivity contribution is 0.0591. The fourth-order valence-corrected chi connectivity index (χ4v) is 1.61. The van der Waals surface area contributed by atoms with Crippen LogP contribution in [0.3, 0.4) is 0 Å². The molecule has 10 heavy (non-hydrogen) atoms. The highest BCUT2D eigenvalue weighted by atomic mass is 16.3. The zero-order valence-corrected chi connectivity index (χ0v) is 6.43. The van der Waals surface area contributed by atoms with Crippen molar-refractivity contribution >= 4 is 0 Å². The first-order valence-electron chi connectivity index (χ1n) is 3.87. The highest BCUT2D eigenvalue weighted by molar-refractivity contribution is 5.08. The molecule has 0 saturated heterocycles. The molecule has 1 rings (SSSR count). The van der Waals surface area contributed by atoms with Crippen LogP contribution in [0.2, 0.25) is 0 Å². The van der Waals surface area contributed by atoms with E-state index in [2.05, 4.69) is 5.92 Å². The van der Waals surface area contributed by atoms with Crippen molar-refractivity contribution < 1.29 is 5.11 Å². The summed E-state index contributed by atoms with van der Waals surface area (Å²) in [6, 6.07) is 0. The van der Waals surface area contributed by atoms with Crippen LogP contribution in [0.15, 0.2) is 0 Å². The molecule has 0 aromatic heterocycles. The third kappa shape index (κ3) is 1.33. The Hall–Kier alpha value is -0.480. The van der Waals surface area contributed by atoms with Gasteiger partial charge in [-0.25, -0.2) is 0 Å². The van der Waals surface area contributed by atoms with Crippen LogP contribution in [0, 0.1) is 18.3 Å². The van der Waals surface area contributed by atoms with E-state index in [-0.39, 0.29) is 0 Å². The van der Waals surface area contributed by atoms with Crippen molar-refractivity contribution in [1.82, 2.24) is 0 Å². The zero-order valence-electron chi connectivity index (χ0n) is 6.43. The van der Waals surface area contributed by atoms with Gasteiger partial charge in [-0.3, -0.25) is 0 Å². The molecule has 1 N–H and O–H groups in total. The van der Waals surface area contributed by atoms with Crippen molar-refractivity contribution in [2.45, 2.75) is 38.2 Å². The summed E-state index contributed by atoms with van der Waals surface area (Å²) in [7, 11) is 0. The Morgan fingerprint density at radius 2 is 2.00 bits per heavy atom. The molecule has 0 bridgehead atoms. The lowest BCUT2D eigenvalue weighted by Gasteiger charge is -2.23. The van der Waals surface area contributed by atoms with Gasteiger partial charge >= 0.3 is 0 Å². The van der Waals surface area contributed by atoms with Crippen molar-refractivity contribution in [1.29, 1.82) is 0 Å². The smallest absolute Gasteiger partial charge is 0.125 e. The van der Waals surface area contributed by atoms with E-state index in [1.54, 1.807) is 6.92 Å². The maximum Gasteiger partial charge on any atom is 0.125 e. The Kier molecular flexibility index (Phi) is 2.01. The summed E-state index contributed by atoms with van der Waals surface area (Å²) in [5, 5.41) is 9.59. The minimum Gasteiger partial charge on any atom is -0.378 e. The first-order chi connectivity index (χ1) is 4.67.